The Bertz CT molecular complexity index is 221. The lowest BCUT2D eigenvalue weighted by Crippen LogP contribution is -2.20. The van der Waals surface area contributed by atoms with Crippen molar-refractivity contribution in [2.24, 2.45) is 11.7 Å². The summed E-state index contributed by atoms with van der Waals surface area (Å²) < 4.78 is 27.1. The van der Waals surface area contributed by atoms with Gasteiger partial charge in [0, 0.05) is 6.54 Å². The molecule has 12 heavy (non-hydrogen) atoms. The van der Waals surface area contributed by atoms with Crippen molar-refractivity contribution in [1.29, 1.82) is 0 Å². The van der Waals surface area contributed by atoms with Gasteiger partial charge in [0.2, 0.25) is 0 Å². The predicted molar refractivity (Wildman–Crippen MR) is 46.4 cm³/mol. The number of hydrogen-bond donors (Lipinski definition) is 1. The van der Waals surface area contributed by atoms with Gasteiger partial charge in [-0.3, -0.25) is 0 Å². The molecule has 0 bridgehead atoms. The Morgan fingerprint density at radius 2 is 2.08 bits per heavy atom. The largest absolute Gasteiger partial charge is 0.365 e. The molecule has 1 aliphatic carbocycles. The maximum absolute atomic E-state index is 11.0. The van der Waals surface area contributed by atoms with E-state index in [1.54, 1.807) is 0 Å². The van der Waals surface area contributed by atoms with Crippen molar-refractivity contribution < 1.29 is 13.2 Å². The fraction of sp³-hybridized carbons (Fsp3) is 1.00. The summed E-state index contributed by atoms with van der Waals surface area (Å²) >= 11 is 0. The van der Waals surface area contributed by atoms with Gasteiger partial charge in [-0.05, 0) is 18.8 Å². The maximum atomic E-state index is 11.0. The molecule has 0 heterocycles. The van der Waals surface area contributed by atoms with Crippen molar-refractivity contribution in [3.8, 4) is 0 Å². The maximum Gasteiger partial charge on any atom is 0.175 e. The van der Waals surface area contributed by atoms with Crippen LogP contribution in [0.15, 0.2) is 0 Å². The molecule has 0 unspecified atom stereocenters. The van der Waals surface area contributed by atoms with E-state index in [4.69, 9.17) is 10.5 Å². The summed E-state index contributed by atoms with van der Waals surface area (Å²) in [4.78, 5) is 0. The molecule has 0 atom stereocenters. The smallest absolute Gasteiger partial charge is 0.175 e. The van der Waals surface area contributed by atoms with Crippen LogP contribution >= 0.6 is 0 Å². The molecule has 0 amide bonds. The van der Waals surface area contributed by atoms with E-state index in [1.165, 1.54) is 12.8 Å². The van der Waals surface area contributed by atoms with Crippen LogP contribution in [-0.4, -0.2) is 33.3 Å². The van der Waals surface area contributed by atoms with Gasteiger partial charge in [0.05, 0.1) is 12.4 Å². The molecule has 2 N–H and O–H groups in total. The molecular formula is C7H15NO3S. The van der Waals surface area contributed by atoms with E-state index in [0.29, 0.717) is 12.5 Å². The second-order valence-electron chi connectivity index (χ2n) is 3.17. The van der Waals surface area contributed by atoms with Gasteiger partial charge in [-0.25, -0.2) is 8.42 Å². The van der Waals surface area contributed by atoms with E-state index in [1.807, 2.05) is 0 Å². The summed E-state index contributed by atoms with van der Waals surface area (Å²) in [6.07, 6.45) is 2.36. The van der Waals surface area contributed by atoms with Gasteiger partial charge in [-0.2, -0.15) is 0 Å². The third-order valence-corrected chi connectivity index (χ3v) is 3.13. The van der Waals surface area contributed by atoms with Crippen LogP contribution in [-0.2, 0) is 14.6 Å². The summed E-state index contributed by atoms with van der Waals surface area (Å²) in [5.41, 5.74) is 5.12. The van der Waals surface area contributed by atoms with Crippen LogP contribution in [0.4, 0.5) is 0 Å². The second-order valence-corrected chi connectivity index (χ2v) is 5.30. The Balaban J connectivity index is 2.10. The van der Waals surface area contributed by atoms with Crippen LogP contribution in [0.1, 0.15) is 12.8 Å². The zero-order valence-corrected chi connectivity index (χ0v) is 7.85. The van der Waals surface area contributed by atoms with Crippen LogP contribution < -0.4 is 5.73 Å². The number of nitrogens with two attached hydrogens (primary N) is 1. The molecule has 0 aromatic carbocycles. The first-order chi connectivity index (χ1) is 5.64. The van der Waals surface area contributed by atoms with Gasteiger partial charge in [-0.1, -0.05) is 0 Å². The Morgan fingerprint density at radius 3 is 2.58 bits per heavy atom. The Hall–Kier alpha value is -0.130. The molecule has 0 saturated heterocycles. The van der Waals surface area contributed by atoms with E-state index >= 15 is 0 Å². The highest BCUT2D eigenvalue weighted by Crippen LogP contribution is 2.28. The molecule has 0 spiro atoms. The van der Waals surface area contributed by atoms with Gasteiger partial charge in [-0.15, -0.1) is 0 Å². The molecule has 4 nitrogen and oxygen atoms in total. The quantitative estimate of drug-likeness (QED) is 0.631. The van der Waals surface area contributed by atoms with Crippen LogP contribution in [0.25, 0.3) is 0 Å². The first-order valence-corrected chi connectivity index (χ1v) is 5.94. The number of hydrogen-bond acceptors (Lipinski definition) is 4. The van der Waals surface area contributed by atoms with Crippen molar-refractivity contribution in [2.75, 3.05) is 24.8 Å². The Labute approximate surface area is 73.0 Å². The molecular weight excluding hydrogens is 178 g/mol. The molecule has 1 saturated carbocycles. The third kappa shape index (κ3) is 4.04. The molecule has 5 heteroatoms. The number of rotatable bonds is 6. The highest BCUT2D eigenvalue weighted by molar-refractivity contribution is 7.91. The van der Waals surface area contributed by atoms with Crippen molar-refractivity contribution in [3.63, 3.8) is 0 Å². The average Bonchev–Trinajstić information content (AvgIpc) is 2.70. The van der Waals surface area contributed by atoms with Crippen molar-refractivity contribution in [2.45, 2.75) is 12.8 Å². The van der Waals surface area contributed by atoms with Gasteiger partial charge in [0.25, 0.3) is 0 Å². The summed E-state index contributed by atoms with van der Waals surface area (Å²) in [6.45, 7) is 0.763. The van der Waals surface area contributed by atoms with Gasteiger partial charge >= 0.3 is 0 Å². The number of sulfone groups is 1. The summed E-state index contributed by atoms with van der Waals surface area (Å²) in [7, 11) is -3.05. The molecule has 0 aliphatic heterocycles. The zero-order valence-electron chi connectivity index (χ0n) is 7.03. The Kier molecular flexibility index (Phi) is 3.49. The lowest BCUT2D eigenvalue weighted by molar-refractivity contribution is 0.165. The van der Waals surface area contributed by atoms with Crippen LogP contribution in [0.5, 0.6) is 0 Å². The topological polar surface area (TPSA) is 69.4 Å². The van der Waals surface area contributed by atoms with Crippen molar-refractivity contribution in [1.82, 2.24) is 0 Å². The lowest BCUT2D eigenvalue weighted by Gasteiger charge is -2.03. The minimum atomic E-state index is -3.05. The highest BCUT2D eigenvalue weighted by atomic mass is 32.2. The fourth-order valence-corrected chi connectivity index (χ4v) is 1.69. The summed E-state index contributed by atoms with van der Waals surface area (Å²) in [6, 6.07) is 0. The van der Waals surface area contributed by atoms with Gasteiger partial charge in [0.15, 0.2) is 9.84 Å². The molecule has 0 aromatic heterocycles. The minimum absolute atomic E-state index is 0.0255. The molecule has 1 fully saturated rings. The molecule has 0 aromatic rings. The third-order valence-electron chi connectivity index (χ3n) is 1.74. The van der Waals surface area contributed by atoms with Gasteiger partial charge in [0.1, 0.15) is 5.94 Å². The average molecular weight is 193 g/mol. The van der Waals surface area contributed by atoms with E-state index in [2.05, 4.69) is 0 Å². The van der Waals surface area contributed by atoms with Crippen LogP contribution in [0.2, 0.25) is 0 Å². The zero-order chi connectivity index (χ0) is 9.03. The van der Waals surface area contributed by atoms with Crippen molar-refractivity contribution in [3.05, 3.63) is 0 Å². The van der Waals surface area contributed by atoms with Gasteiger partial charge < -0.3 is 10.5 Å². The first kappa shape index (κ1) is 9.95. The predicted octanol–water partition coefficient (Wildman–Crippen LogP) is -0.256. The number of ether oxygens (including phenoxy) is 1. The standard InChI is InChI=1S/C7H15NO3S/c8-3-4-12(9,10)6-11-5-7-1-2-7/h7H,1-6,8H2. The lowest BCUT2D eigenvalue weighted by atomic mass is 10.5. The minimum Gasteiger partial charge on any atom is -0.365 e. The first-order valence-electron chi connectivity index (χ1n) is 4.12. The van der Waals surface area contributed by atoms with E-state index in [0.717, 1.165) is 0 Å². The van der Waals surface area contributed by atoms with E-state index in [-0.39, 0.29) is 18.2 Å². The SMILES string of the molecule is NCCS(=O)(=O)COCC1CC1. The van der Waals surface area contributed by atoms with Crippen LogP contribution in [0, 0.1) is 5.92 Å². The van der Waals surface area contributed by atoms with E-state index in [9.17, 15) is 8.42 Å². The molecule has 1 rings (SSSR count). The second kappa shape index (κ2) is 4.20. The molecule has 72 valence electrons. The van der Waals surface area contributed by atoms with E-state index < -0.39 is 9.84 Å². The monoisotopic (exact) mass is 193 g/mol. The molecule has 0 radical (unpaired) electrons. The van der Waals surface area contributed by atoms with Crippen LogP contribution in [0.3, 0.4) is 0 Å². The Morgan fingerprint density at radius 1 is 1.42 bits per heavy atom. The normalized spacial score (nSPS) is 18.1. The highest BCUT2D eigenvalue weighted by Gasteiger charge is 2.22. The summed E-state index contributed by atoms with van der Waals surface area (Å²) in [5.74, 6) is 0.469. The van der Waals surface area contributed by atoms with Crippen molar-refractivity contribution >= 4 is 9.84 Å². The molecule has 1 aliphatic rings. The summed E-state index contributed by atoms with van der Waals surface area (Å²) in [5, 5.41) is 0. The fourth-order valence-electron chi connectivity index (χ4n) is 0.865.